The van der Waals surface area contributed by atoms with Crippen molar-refractivity contribution >= 4 is 55.8 Å². The third-order valence-corrected chi connectivity index (χ3v) is 8.71. The Morgan fingerprint density at radius 1 is 1.03 bits per heavy atom. The van der Waals surface area contributed by atoms with Crippen molar-refractivity contribution < 1.29 is 4.79 Å². The molecule has 1 atom stereocenters. The van der Waals surface area contributed by atoms with Crippen molar-refractivity contribution in [2.24, 2.45) is 0 Å². The van der Waals surface area contributed by atoms with Crippen molar-refractivity contribution in [3.8, 4) is 0 Å². The van der Waals surface area contributed by atoms with Crippen molar-refractivity contribution in [2.45, 2.75) is 12.3 Å². The Kier molecular flexibility index (Phi) is 5.61. The molecule has 186 valence electrons. The number of piperazine rings is 1. The van der Waals surface area contributed by atoms with Gasteiger partial charge < -0.3 is 10.3 Å². The van der Waals surface area contributed by atoms with Gasteiger partial charge in [-0.25, -0.2) is 9.66 Å². The highest BCUT2D eigenvalue weighted by molar-refractivity contribution is 7.13. The van der Waals surface area contributed by atoms with Crippen molar-refractivity contribution in [2.75, 3.05) is 43.0 Å². The van der Waals surface area contributed by atoms with E-state index in [9.17, 15) is 4.79 Å². The number of imidazole rings is 1. The van der Waals surface area contributed by atoms with Gasteiger partial charge in [0.05, 0.1) is 21.4 Å². The van der Waals surface area contributed by atoms with Gasteiger partial charge in [-0.2, -0.15) is 4.37 Å². The summed E-state index contributed by atoms with van der Waals surface area (Å²) in [6.07, 6.45) is 2.75. The highest BCUT2D eigenvalue weighted by Crippen LogP contribution is 2.42. The molecule has 1 unspecified atom stereocenters. The molecule has 0 aliphatic carbocycles. The summed E-state index contributed by atoms with van der Waals surface area (Å²) in [6.45, 7) is 4.75. The minimum absolute atomic E-state index is 0.0394. The first-order chi connectivity index (χ1) is 18.2. The van der Waals surface area contributed by atoms with Gasteiger partial charge in [-0.1, -0.05) is 48.0 Å². The number of carbonyl (C=O) groups is 1. The third kappa shape index (κ3) is 3.96. The smallest absolute Gasteiger partial charge is 0.238 e. The summed E-state index contributed by atoms with van der Waals surface area (Å²) in [5.74, 6) is -0.446. The SMILES string of the molecule is O=C1Nc2cc(Cl)c(CCN3CCN(n4cnc5ccccc54)CC3)cc2C1c1nsc2ccccc12. The van der Waals surface area contributed by atoms with Gasteiger partial charge in [-0.3, -0.25) is 9.69 Å². The standard InChI is InChI=1S/C28H25ClN6OS/c29-21-16-23-20(26(28(36)31-23)27-19-5-1-4-8-25(19)37-32-27)15-18(21)9-10-33-11-13-34(14-12-33)35-17-30-22-6-2-3-7-24(22)35/h1-8,15-17,26H,9-14H2,(H,31,36). The maximum atomic E-state index is 13.0. The number of hydrogen-bond acceptors (Lipinski definition) is 6. The normalized spacial score (nSPS) is 18.0. The van der Waals surface area contributed by atoms with E-state index in [1.807, 2.05) is 48.8 Å². The van der Waals surface area contributed by atoms with E-state index >= 15 is 0 Å². The number of amides is 1. The zero-order valence-electron chi connectivity index (χ0n) is 20.1. The second-order valence-electron chi connectivity index (χ2n) is 9.64. The second kappa shape index (κ2) is 9.13. The van der Waals surface area contributed by atoms with Gasteiger partial charge in [0, 0.05) is 48.8 Å². The molecule has 1 fully saturated rings. The van der Waals surface area contributed by atoms with E-state index in [1.165, 1.54) is 11.5 Å². The number of halogens is 1. The summed E-state index contributed by atoms with van der Waals surface area (Å²) in [5.41, 5.74) is 5.83. The first kappa shape index (κ1) is 22.7. The van der Waals surface area contributed by atoms with Gasteiger partial charge in [-0.05, 0) is 53.3 Å². The van der Waals surface area contributed by atoms with Gasteiger partial charge in [0.25, 0.3) is 0 Å². The Labute approximate surface area is 223 Å². The van der Waals surface area contributed by atoms with Crippen LogP contribution in [0, 0.1) is 0 Å². The molecule has 2 aliphatic heterocycles. The predicted molar refractivity (Wildman–Crippen MR) is 149 cm³/mol. The van der Waals surface area contributed by atoms with E-state index < -0.39 is 5.92 Å². The van der Waals surface area contributed by atoms with Crippen LogP contribution < -0.4 is 10.3 Å². The number of rotatable bonds is 5. The molecule has 1 N–H and O–H groups in total. The van der Waals surface area contributed by atoms with E-state index in [0.717, 1.165) is 82.8 Å². The van der Waals surface area contributed by atoms with Crippen molar-refractivity contribution in [1.29, 1.82) is 0 Å². The maximum Gasteiger partial charge on any atom is 0.238 e. The lowest BCUT2D eigenvalue weighted by atomic mass is 9.93. The molecule has 0 bridgehead atoms. The summed E-state index contributed by atoms with van der Waals surface area (Å²) >= 11 is 8.13. The number of carbonyl (C=O) groups excluding carboxylic acids is 1. The monoisotopic (exact) mass is 528 g/mol. The number of aromatic nitrogens is 3. The molecule has 7 nitrogen and oxygen atoms in total. The second-order valence-corrected chi connectivity index (χ2v) is 10.9. The Hall–Kier alpha value is -3.46. The van der Waals surface area contributed by atoms with Crippen LogP contribution >= 0.6 is 23.1 Å². The molecule has 9 heteroatoms. The van der Waals surface area contributed by atoms with Crippen LogP contribution in [-0.2, 0) is 11.2 Å². The molecule has 1 saturated heterocycles. The van der Waals surface area contributed by atoms with Gasteiger partial charge in [0.1, 0.15) is 12.2 Å². The molecule has 3 aromatic carbocycles. The number of hydrogen-bond donors (Lipinski definition) is 1. The summed E-state index contributed by atoms with van der Waals surface area (Å²) in [6, 6.07) is 20.4. The number of benzene rings is 3. The number of anilines is 1. The Morgan fingerprint density at radius 3 is 2.73 bits per heavy atom. The van der Waals surface area contributed by atoms with Crippen LogP contribution in [0.3, 0.4) is 0 Å². The largest absolute Gasteiger partial charge is 0.325 e. The van der Waals surface area contributed by atoms with E-state index in [2.05, 4.69) is 47.5 Å². The highest BCUT2D eigenvalue weighted by atomic mass is 35.5. The van der Waals surface area contributed by atoms with Gasteiger partial charge >= 0.3 is 0 Å². The average molecular weight is 529 g/mol. The fourth-order valence-corrected chi connectivity index (χ4v) is 6.60. The van der Waals surface area contributed by atoms with Gasteiger partial charge in [-0.15, -0.1) is 0 Å². The lowest BCUT2D eigenvalue weighted by Crippen LogP contribution is -2.51. The molecule has 0 saturated carbocycles. The molecule has 5 aromatic rings. The molecule has 4 heterocycles. The fraction of sp³-hybridized carbons (Fsp3) is 0.250. The minimum atomic E-state index is -0.407. The van der Waals surface area contributed by atoms with Crippen LogP contribution in [0.1, 0.15) is 22.7 Å². The van der Waals surface area contributed by atoms with Crippen LogP contribution in [0.5, 0.6) is 0 Å². The Bertz CT molecular complexity index is 1640. The fourth-order valence-electron chi connectivity index (χ4n) is 5.53. The first-order valence-electron chi connectivity index (χ1n) is 12.5. The quantitative estimate of drug-likeness (QED) is 0.352. The molecular formula is C28H25ClN6OS. The molecule has 0 spiro atoms. The maximum absolute atomic E-state index is 13.0. The van der Waals surface area contributed by atoms with E-state index in [0.29, 0.717) is 5.02 Å². The van der Waals surface area contributed by atoms with Crippen molar-refractivity contribution in [3.63, 3.8) is 0 Å². The molecule has 7 rings (SSSR count). The molecule has 1 amide bonds. The average Bonchev–Trinajstić information content (AvgIpc) is 3.62. The summed E-state index contributed by atoms with van der Waals surface area (Å²) < 4.78 is 7.94. The molecular weight excluding hydrogens is 504 g/mol. The predicted octanol–water partition coefficient (Wildman–Crippen LogP) is 4.88. The van der Waals surface area contributed by atoms with E-state index in [4.69, 9.17) is 11.6 Å². The summed E-state index contributed by atoms with van der Waals surface area (Å²) in [5, 5.41) is 7.12. The number of nitrogens with one attached hydrogen (secondary N) is 1. The van der Waals surface area contributed by atoms with E-state index in [-0.39, 0.29) is 5.91 Å². The molecule has 2 aromatic heterocycles. The lowest BCUT2D eigenvalue weighted by molar-refractivity contribution is -0.116. The minimum Gasteiger partial charge on any atom is -0.325 e. The van der Waals surface area contributed by atoms with Crippen molar-refractivity contribution in [1.82, 2.24) is 18.9 Å². The zero-order chi connectivity index (χ0) is 24.9. The first-order valence-corrected chi connectivity index (χ1v) is 13.7. The lowest BCUT2D eigenvalue weighted by Gasteiger charge is -2.36. The third-order valence-electron chi connectivity index (χ3n) is 7.51. The topological polar surface area (TPSA) is 66.3 Å². The van der Waals surface area contributed by atoms with Crippen LogP contribution in [0.4, 0.5) is 5.69 Å². The number of para-hydroxylation sites is 2. The van der Waals surface area contributed by atoms with Crippen LogP contribution in [-0.4, -0.2) is 57.6 Å². The molecule has 37 heavy (non-hydrogen) atoms. The van der Waals surface area contributed by atoms with Gasteiger partial charge in [0.2, 0.25) is 5.91 Å². The Balaban J connectivity index is 1.06. The zero-order valence-corrected chi connectivity index (χ0v) is 21.7. The van der Waals surface area contributed by atoms with Gasteiger partial charge in [0.15, 0.2) is 0 Å². The summed E-state index contributed by atoms with van der Waals surface area (Å²) in [7, 11) is 0. The molecule has 2 aliphatic rings. The van der Waals surface area contributed by atoms with Crippen LogP contribution in [0.15, 0.2) is 67.0 Å². The number of nitrogens with zero attached hydrogens (tertiary/aromatic N) is 5. The van der Waals surface area contributed by atoms with Crippen LogP contribution in [0.25, 0.3) is 21.1 Å². The summed E-state index contributed by atoms with van der Waals surface area (Å²) in [4.78, 5) is 20.0. The van der Waals surface area contributed by atoms with E-state index in [1.54, 1.807) is 0 Å². The Morgan fingerprint density at radius 2 is 1.84 bits per heavy atom. The van der Waals surface area contributed by atoms with Crippen molar-refractivity contribution in [3.05, 3.63) is 88.8 Å². The highest BCUT2D eigenvalue weighted by Gasteiger charge is 2.35. The van der Waals surface area contributed by atoms with Crippen LogP contribution in [0.2, 0.25) is 5.02 Å². The molecule has 0 radical (unpaired) electrons. The number of fused-ring (bicyclic) bond motifs is 3.